The molecule has 0 saturated carbocycles. The van der Waals surface area contributed by atoms with Crippen LogP contribution in [0.15, 0.2) is 146 Å². The number of benzene rings is 5. The van der Waals surface area contributed by atoms with Crippen molar-refractivity contribution in [3.8, 4) is 0 Å². The average molecular weight is 599 g/mol. The lowest BCUT2D eigenvalue weighted by atomic mass is 9.13. The van der Waals surface area contributed by atoms with Crippen LogP contribution in [0.25, 0.3) is 0 Å². The molecule has 0 amide bonds. The van der Waals surface area contributed by atoms with E-state index in [4.69, 9.17) is 0 Å². The Labute approximate surface area is 269 Å². The predicted octanol–water partition coefficient (Wildman–Crippen LogP) is 8.48. The second-order valence-corrected chi connectivity index (χ2v) is 19.5. The number of hydrogen-bond donors (Lipinski definition) is 0. The Morgan fingerprint density at radius 2 is 0.636 bits per heavy atom. The van der Waals surface area contributed by atoms with Crippen molar-refractivity contribution in [1.82, 2.24) is 0 Å². The lowest BCUT2D eigenvalue weighted by Crippen LogP contribution is -2.74. The van der Waals surface area contributed by atoms with Gasteiger partial charge in [-0.25, -0.2) is 0 Å². The van der Waals surface area contributed by atoms with Crippen LogP contribution in [0.1, 0.15) is 67.9 Å². The quantitative estimate of drug-likeness (QED) is 0.141. The van der Waals surface area contributed by atoms with Crippen molar-refractivity contribution in [2.24, 2.45) is 0 Å². The third-order valence-electron chi connectivity index (χ3n) is 8.74. The Morgan fingerprint density at radius 1 is 0.364 bits per heavy atom. The smallest absolute Gasteiger partial charge is 0.108 e. The highest BCUT2D eigenvalue weighted by Gasteiger charge is 2.43. The normalized spacial score (nSPS) is 12.4. The zero-order chi connectivity index (χ0) is 32.0. The van der Waals surface area contributed by atoms with Crippen LogP contribution in [0.5, 0.6) is 0 Å². The number of rotatable bonds is 5. The molecule has 0 spiro atoms. The van der Waals surface area contributed by atoms with E-state index in [2.05, 4.69) is 208 Å². The summed E-state index contributed by atoms with van der Waals surface area (Å²) in [4.78, 5) is 0. The van der Waals surface area contributed by atoms with Crippen LogP contribution in [0.4, 0.5) is 0 Å². The minimum Gasteiger partial charge on any atom is -0.195 e. The first-order chi connectivity index (χ1) is 20.8. The van der Waals surface area contributed by atoms with Gasteiger partial charge in [0, 0.05) is 7.92 Å². The fourth-order valence-corrected chi connectivity index (χ4v) is 11.7. The van der Waals surface area contributed by atoms with Gasteiger partial charge in [-0.1, -0.05) is 154 Å². The molecule has 0 nitrogen and oxygen atoms in total. The summed E-state index contributed by atoms with van der Waals surface area (Å²) in [7, 11) is -0.615. The summed E-state index contributed by atoms with van der Waals surface area (Å²) in [5, 5.41) is 2.33. The largest absolute Gasteiger partial charge is 0.195 e. The van der Waals surface area contributed by atoms with Crippen molar-refractivity contribution in [2.75, 3.05) is 0 Å². The highest BCUT2D eigenvalue weighted by Crippen LogP contribution is 2.58. The summed E-state index contributed by atoms with van der Waals surface area (Å²) in [5.74, 6) is 0. The standard InChI is InChI=1S/C24H20B.C18H31P/c1-5-13-21(14-6-1)25(22-15-7-2-8-16-22,23-17-9-3-10-18-23)24-19-11-4-12-20-24;1-16(2,3)14-10-12-15(13-11-14)19(17(4,5)6)18(7,8)9/h1-20H;10-13H,1-9H3/q-1;/p+1. The fourth-order valence-electron chi connectivity index (χ4n) is 7.25. The van der Waals surface area contributed by atoms with E-state index in [1.807, 2.05) is 0 Å². The molecule has 0 unspecified atom stereocenters. The maximum atomic E-state index is 2.39. The van der Waals surface area contributed by atoms with E-state index in [0.29, 0.717) is 10.3 Å². The summed E-state index contributed by atoms with van der Waals surface area (Å²) in [6.45, 7) is 21.2. The number of hydrogen-bond acceptors (Lipinski definition) is 0. The molecule has 0 N–H and O–H groups in total. The molecule has 0 aliphatic heterocycles. The van der Waals surface area contributed by atoms with Crippen LogP contribution in [0, 0.1) is 0 Å². The Kier molecular flexibility index (Phi) is 10.4. The van der Waals surface area contributed by atoms with Gasteiger partial charge in [0.05, 0.1) is 15.6 Å². The molecule has 0 fully saturated rings. The summed E-state index contributed by atoms with van der Waals surface area (Å²) in [5.41, 5.74) is 7.03. The molecule has 0 heterocycles. The molecule has 2 heteroatoms. The molecule has 0 aromatic heterocycles. The van der Waals surface area contributed by atoms with E-state index in [-0.39, 0.29) is 5.41 Å². The average Bonchev–Trinajstić information content (AvgIpc) is 2.99. The highest BCUT2D eigenvalue weighted by molar-refractivity contribution is 7.68. The lowest BCUT2D eigenvalue weighted by molar-refractivity contribution is 0.590. The summed E-state index contributed by atoms with van der Waals surface area (Å²) >= 11 is 0. The van der Waals surface area contributed by atoms with E-state index < -0.39 is 14.1 Å². The van der Waals surface area contributed by atoms with Crippen LogP contribution in [-0.2, 0) is 5.41 Å². The van der Waals surface area contributed by atoms with Crippen LogP contribution in [0.3, 0.4) is 0 Å². The predicted molar refractivity (Wildman–Crippen MR) is 203 cm³/mol. The first-order valence-corrected chi connectivity index (χ1v) is 17.6. The van der Waals surface area contributed by atoms with E-state index in [1.54, 1.807) is 5.30 Å². The molecule has 228 valence electrons. The van der Waals surface area contributed by atoms with Gasteiger partial charge in [-0.3, -0.25) is 0 Å². The molecule has 5 aromatic rings. The van der Waals surface area contributed by atoms with E-state index in [1.165, 1.54) is 27.4 Å². The van der Waals surface area contributed by atoms with Gasteiger partial charge in [0.1, 0.15) is 6.15 Å². The maximum absolute atomic E-state index is 2.39. The summed E-state index contributed by atoms with van der Waals surface area (Å²) < 4.78 is 0. The molecule has 0 saturated heterocycles. The molecule has 5 rings (SSSR count). The summed E-state index contributed by atoms with van der Waals surface area (Å²) in [6, 6.07) is 52.9. The van der Waals surface area contributed by atoms with E-state index in [0.717, 1.165) is 0 Å². The van der Waals surface area contributed by atoms with Crippen molar-refractivity contribution >= 4 is 41.2 Å². The second-order valence-electron chi connectivity index (χ2n) is 15.2. The minimum absolute atomic E-state index is 0.245. The van der Waals surface area contributed by atoms with Crippen molar-refractivity contribution in [3.63, 3.8) is 0 Å². The SMILES string of the molecule is CC(C)(C)c1ccc([PH+](C(C)(C)C)C(C)(C)C)cc1.c1ccc([B-](c2ccccc2)(c2ccccc2)c2ccccc2)cc1. The van der Waals surface area contributed by atoms with Crippen molar-refractivity contribution < 1.29 is 0 Å². The first kappa shape index (κ1) is 33.5. The monoisotopic (exact) mass is 598 g/mol. The van der Waals surface area contributed by atoms with Gasteiger partial charge in [-0.05, 0) is 64.7 Å². The Balaban J connectivity index is 0.000000210. The van der Waals surface area contributed by atoms with Crippen LogP contribution >= 0.6 is 7.92 Å². The fraction of sp³-hybridized carbons (Fsp3) is 0.286. The zero-order valence-corrected chi connectivity index (χ0v) is 29.4. The van der Waals surface area contributed by atoms with Crippen molar-refractivity contribution in [1.29, 1.82) is 0 Å². The van der Waals surface area contributed by atoms with Gasteiger partial charge < -0.3 is 0 Å². The van der Waals surface area contributed by atoms with Crippen molar-refractivity contribution in [3.05, 3.63) is 151 Å². The second kappa shape index (κ2) is 13.7. The molecule has 0 aliphatic carbocycles. The zero-order valence-electron chi connectivity index (χ0n) is 28.4. The molecule has 0 atom stereocenters. The van der Waals surface area contributed by atoms with Crippen molar-refractivity contribution in [2.45, 2.75) is 78.0 Å². The molecular weight excluding hydrogens is 546 g/mol. The van der Waals surface area contributed by atoms with E-state index >= 15 is 0 Å². The summed E-state index contributed by atoms with van der Waals surface area (Å²) in [6.07, 6.45) is -1.22. The van der Waals surface area contributed by atoms with Gasteiger partial charge in [0.15, 0.2) is 0 Å². The van der Waals surface area contributed by atoms with Gasteiger partial charge >= 0.3 is 0 Å². The third kappa shape index (κ3) is 7.62. The maximum Gasteiger partial charge on any atom is 0.108 e. The molecule has 5 aromatic carbocycles. The molecule has 0 aliphatic rings. The van der Waals surface area contributed by atoms with Gasteiger partial charge in [-0.15, -0.1) is 0 Å². The molecule has 0 radical (unpaired) electrons. The molecule has 44 heavy (non-hydrogen) atoms. The van der Waals surface area contributed by atoms with Crippen LogP contribution < -0.4 is 27.2 Å². The minimum atomic E-state index is -1.22. The molecule has 0 bridgehead atoms. The van der Waals surface area contributed by atoms with Gasteiger partial charge in [0.2, 0.25) is 0 Å². The topological polar surface area (TPSA) is 0 Å². The lowest BCUT2D eigenvalue weighted by Gasteiger charge is -2.44. The van der Waals surface area contributed by atoms with Crippen LogP contribution in [0.2, 0.25) is 0 Å². The van der Waals surface area contributed by atoms with E-state index in [9.17, 15) is 0 Å². The van der Waals surface area contributed by atoms with Gasteiger partial charge in [-0.2, -0.15) is 21.9 Å². The Morgan fingerprint density at radius 3 is 0.864 bits per heavy atom. The molecular formula is C42H52BP. The van der Waals surface area contributed by atoms with Crippen LogP contribution in [-0.4, -0.2) is 16.5 Å². The Hall–Kier alpha value is -3.41. The first-order valence-electron chi connectivity index (χ1n) is 16.1. The third-order valence-corrected chi connectivity index (χ3v) is 12.6. The Bertz CT molecular complexity index is 1380. The highest BCUT2D eigenvalue weighted by atomic mass is 31.1. The van der Waals surface area contributed by atoms with Gasteiger partial charge in [0.25, 0.3) is 0 Å².